The number of aromatic nitrogens is 1. The number of nitrogens with zero attached hydrogens (tertiary/aromatic N) is 2. The van der Waals surface area contributed by atoms with Crippen LogP contribution in [0.3, 0.4) is 0 Å². The third kappa shape index (κ3) is 5.15. The SMILES string of the molecule is CCc1nc(CN2CCCC(CNCC(C)C)C2)cs1. The summed E-state index contributed by atoms with van der Waals surface area (Å²) in [5.74, 6) is 1.56. The van der Waals surface area contributed by atoms with Crippen molar-refractivity contribution in [3.05, 3.63) is 16.1 Å². The Morgan fingerprint density at radius 3 is 3.05 bits per heavy atom. The summed E-state index contributed by atoms with van der Waals surface area (Å²) in [5.41, 5.74) is 1.27. The summed E-state index contributed by atoms with van der Waals surface area (Å²) < 4.78 is 0. The Balaban J connectivity index is 1.75. The molecule has 114 valence electrons. The molecule has 1 aromatic heterocycles. The molecule has 3 nitrogen and oxygen atoms in total. The molecule has 1 aliphatic heterocycles. The highest BCUT2D eigenvalue weighted by atomic mass is 32.1. The predicted octanol–water partition coefficient (Wildman–Crippen LogP) is 3.16. The van der Waals surface area contributed by atoms with Gasteiger partial charge in [-0.05, 0) is 50.7 Å². The summed E-state index contributed by atoms with van der Waals surface area (Å²) in [5, 5.41) is 7.12. The zero-order valence-electron chi connectivity index (χ0n) is 13.2. The van der Waals surface area contributed by atoms with E-state index >= 15 is 0 Å². The molecule has 0 bridgehead atoms. The van der Waals surface area contributed by atoms with E-state index in [1.54, 1.807) is 11.3 Å². The predicted molar refractivity (Wildman–Crippen MR) is 87.2 cm³/mol. The lowest BCUT2D eigenvalue weighted by Gasteiger charge is -2.32. The topological polar surface area (TPSA) is 28.2 Å². The maximum atomic E-state index is 4.69. The number of thiazole rings is 1. The summed E-state index contributed by atoms with van der Waals surface area (Å²) in [4.78, 5) is 7.28. The number of piperidine rings is 1. The molecule has 2 rings (SSSR count). The third-order valence-corrected chi connectivity index (χ3v) is 4.92. The second kappa shape index (κ2) is 8.11. The number of rotatable bonds is 7. The molecule has 0 saturated carbocycles. The van der Waals surface area contributed by atoms with E-state index in [0.717, 1.165) is 31.3 Å². The van der Waals surface area contributed by atoms with E-state index < -0.39 is 0 Å². The van der Waals surface area contributed by atoms with Crippen molar-refractivity contribution in [3.8, 4) is 0 Å². The van der Waals surface area contributed by atoms with Crippen LogP contribution in [-0.2, 0) is 13.0 Å². The Labute approximate surface area is 127 Å². The smallest absolute Gasteiger partial charge is 0.0926 e. The Morgan fingerprint density at radius 1 is 1.50 bits per heavy atom. The quantitative estimate of drug-likeness (QED) is 0.837. The number of hydrogen-bond donors (Lipinski definition) is 1. The highest BCUT2D eigenvalue weighted by Crippen LogP contribution is 2.19. The van der Waals surface area contributed by atoms with E-state index in [1.807, 2.05) is 0 Å². The van der Waals surface area contributed by atoms with Gasteiger partial charge in [-0.15, -0.1) is 11.3 Å². The molecular formula is C16H29N3S. The number of aryl methyl sites for hydroxylation is 1. The van der Waals surface area contributed by atoms with Gasteiger partial charge >= 0.3 is 0 Å². The van der Waals surface area contributed by atoms with Crippen molar-refractivity contribution in [1.29, 1.82) is 0 Å². The first-order valence-electron chi connectivity index (χ1n) is 8.03. The van der Waals surface area contributed by atoms with Gasteiger partial charge in [-0.3, -0.25) is 4.90 Å². The average molecular weight is 295 g/mol. The van der Waals surface area contributed by atoms with E-state index in [-0.39, 0.29) is 0 Å². The van der Waals surface area contributed by atoms with Gasteiger partial charge in [-0.1, -0.05) is 20.8 Å². The Morgan fingerprint density at radius 2 is 2.35 bits per heavy atom. The summed E-state index contributed by atoms with van der Waals surface area (Å²) in [6.45, 7) is 12.5. The lowest BCUT2D eigenvalue weighted by Crippen LogP contribution is -2.39. The zero-order chi connectivity index (χ0) is 14.4. The molecule has 0 spiro atoms. The van der Waals surface area contributed by atoms with Crippen molar-refractivity contribution in [2.24, 2.45) is 11.8 Å². The fourth-order valence-corrected chi connectivity index (χ4v) is 3.59. The molecule has 0 amide bonds. The van der Waals surface area contributed by atoms with Crippen molar-refractivity contribution < 1.29 is 0 Å². The van der Waals surface area contributed by atoms with Crippen LogP contribution >= 0.6 is 11.3 Å². The lowest BCUT2D eigenvalue weighted by molar-refractivity contribution is 0.163. The normalized spacial score (nSPS) is 20.7. The Bertz CT molecular complexity index is 389. The van der Waals surface area contributed by atoms with Gasteiger partial charge in [0.25, 0.3) is 0 Å². The molecule has 1 aliphatic rings. The van der Waals surface area contributed by atoms with E-state index in [0.29, 0.717) is 0 Å². The minimum absolute atomic E-state index is 0.747. The summed E-state index contributed by atoms with van der Waals surface area (Å²) in [6.07, 6.45) is 3.77. The van der Waals surface area contributed by atoms with E-state index in [9.17, 15) is 0 Å². The van der Waals surface area contributed by atoms with Crippen molar-refractivity contribution in [2.75, 3.05) is 26.2 Å². The molecule has 1 atom stereocenters. The first-order chi connectivity index (χ1) is 9.67. The maximum absolute atomic E-state index is 4.69. The van der Waals surface area contributed by atoms with Gasteiger partial charge in [-0.25, -0.2) is 4.98 Å². The molecule has 1 N–H and O–H groups in total. The highest BCUT2D eigenvalue weighted by molar-refractivity contribution is 7.09. The second-order valence-electron chi connectivity index (χ2n) is 6.38. The zero-order valence-corrected chi connectivity index (χ0v) is 14.0. The number of nitrogens with one attached hydrogen (secondary N) is 1. The van der Waals surface area contributed by atoms with Crippen LogP contribution in [0.4, 0.5) is 0 Å². The van der Waals surface area contributed by atoms with Gasteiger partial charge in [0.1, 0.15) is 0 Å². The minimum Gasteiger partial charge on any atom is -0.316 e. The van der Waals surface area contributed by atoms with Gasteiger partial charge in [0.2, 0.25) is 0 Å². The van der Waals surface area contributed by atoms with E-state index in [1.165, 1.54) is 43.2 Å². The summed E-state index contributed by atoms with van der Waals surface area (Å²) >= 11 is 1.81. The van der Waals surface area contributed by atoms with Gasteiger partial charge < -0.3 is 5.32 Å². The molecule has 1 fully saturated rings. The van der Waals surface area contributed by atoms with Crippen molar-refractivity contribution >= 4 is 11.3 Å². The van der Waals surface area contributed by atoms with Crippen LogP contribution in [0.1, 0.15) is 44.3 Å². The molecule has 1 unspecified atom stereocenters. The molecule has 1 saturated heterocycles. The molecule has 0 aliphatic carbocycles. The van der Waals surface area contributed by atoms with Gasteiger partial charge in [-0.2, -0.15) is 0 Å². The first kappa shape index (κ1) is 15.9. The van der Waals surface area contributed by atoms with Gasteiger partial charge in [0.05, 0.1) is 10.7 Å². The molecule has 0 aromatic carbocycles. The van der Waals surface area contributed by atoms with Crippen LogP contribution in [0.25, 0.3) is 0 Å². The van der Waals surface area contributed by atoms with E-state index in [4.69, 9.17) is 4.98 Å². The average Bonchev–Trinajstić information content (AvgIpc) is 2.86. The van der Waals surface area contributed by atoms with Gasteiger partial charge in [0.15, 0.2) is 0 Å². The van der Waals surface area contributed by atoms with Crippen LogP contribution in [0, 0.1) is 11.8 Å². The van der Waals surface area contributed by atoms with Crippen LogP contribution in [0.5, 0.6) is 0 Å². The first-order valence-corrected chi connectivity index (χ1v) is 8.91. The van der Waals surface area contributed by atoms with Crippen LogP contribution in [0.15, 0.2) is 5.38 Å². The van der Waals surface area contributed by atoms with Crippen molar-refractivity contribution in [3.63, 3.8) is 0 Å². The standard InChI is InChI=1S/C16H29N3S/c1-4-16-18-15(12-20-16)11-19-7-5-6-14(10-19)9-17-8-13(2)3/h12-14,17H,4-11H2,1-3H3. The second-order valence-corrected chi connectivity index (χ2v) is 7.32. The Kier molecular flexibility index (Phi) is 6.46. The molecule has 0 radical (unpaired) electrons. The fourth-order valence-electron chi connectivity index (χ4n) is 2.85. The molecular weight excluding hydrogens is 266 g/mol. The summed E-state index contributed by atoms with van der Waals surface area (Å²) in [7, 11) is 0. The lowest BCUT2D eigenvalue weighted by atomic mass is 9.97. The van der Waals surface area contributed by atoms with Crippen molar-refractivity contribution in [2.45, 2.75) is 46.6 Å². The van der Waals surface area contributed by atoms with Crippen LogP contribution in [0.2, 0.25) is 0 Å². The highest BCUT2D eigenvalue weighted by Gasteiger charge is 2.20. The van der Waals surface area contributed by atoms with Crippen LogP contribution < -0.4 is 5.32 Å². The van der Waals surface area contributed by atoms with Crippen molar-refractivity contribution in [1.82, 2.24) is 15.2 Å². The van der Waals surface area contributed by atoms with Gasteiger partial charge in [0, 0.05) is 18.5 Å². The number of likely N-dealkylation sites (tertiary alicyclic amines) is 1. The van der Waals surface area contributed by atoms with Crippen LogP contribution in [-0.4, -0.2) is 36.1 Å². The monoisotopic (exact) mass is 295 g/mol. The summed E-state index contributed by atoms with van der Waals surface area (Å²) in [6, 6.07) is 0. The Hall–Kier alpha value is -0.450. The molecule has 2 heterocycles. The largest absolute Gasteiger partial charge is 0.316 e. The van der Waals surface area contributed by atoms with E-state index in [2.05, 4.69) is 36.4 Å². The molecule has 20 heavy (non-hydrogen) atoms. The maximum Gasteiger partial charge on any atom is 0.0926 e. The minimum atomic E-state index is 0.747. The molecule has 4 heteroatoms. The number of hydrogen-bond acceptors (Lipinski definition) is 4. The molecule has 1 aromatic rings. The third-order valence-electron chi connectivity index (χ3n) is 3.88. The fraction of sp³-hybridized carbons (Fsp3) is 0.812.